The molecular weight excluding hydrogens is 448 g/mol. The van der Waals surface area contributed by atoms with Gasteiger partial charge in [0.25, 0.3) is 11.8 Å². The molecule has 0 aliphatic carbocycles. The second-order valence-corrected chi connectivity index (χ2v) is 7.38. The maximum Gasteiger partial charge on any atom is 0.416 e. The van der Waals surface area contributed by atoms with Crippen LogP contribution in [0.1, 0.15) is 34.0 Å². The molecule has 1 N–H and O–H groups in total. The number of alkyl halides is 5. The Kier molecular flexibility index (Phi) is 5.94. The lowest BCUT2D eigenvalue weighted by atomic mass is 10.0. The lowest BCUT2D eigenvalue weighted by Gasteiger charge is -2.15. The van der Waals surface area contributed by atoms with E-state index in [9.17, 15) is 35.9 Å². The van der Waals surface area contributed by atoms with Gasteiger partial charge in [-0.15, -0.1) is 0 Å². The van der Waals surface area contributed by atoms with E-state index in [0.717, 1.165) is 10.6 Å². The molecule has 0 bridgehead atoms. The van der Waals surface area contributed by atoms with Crippen LogP contribution in [0.15, 0.2) is 52.3 Å². The molecule has 3 rings (SSSR count). The first-order valence-electron chi connectivity index (χ1n) is 8.57. The SMILES string of the molecule is CC(F)(F)c1cc(C(=O)N=c2s[nH]c(=O)n2Cc2cccc(F)c2)cc(C(F)(F)F)c1. The summed E-state index contributed by atoms with van der Waals surface area (Å²) in [6.07, 6.45) is -4.97. The standard InChI is InChI=1S/C19H13F6N3O2S/c1-18(21,22)12-6-11(7-13(8-12)19(23,24)25)15(29)26-17-28(16(30)27-31-17)9-10-3-2-4-14(20)5-10/h2-8H,9H2,1H3,(H,27,30). The van der Waals surface area contributed by atoms with Gasteiger partial charge in [0.2, 0.25) is 4.80 Å². The van der Waals surface area contributed by atoms with Gasteiger partial charge < -0.3 is 0 Å². The van der Waals surface area contributed by atoms with Crippen molar-refractivity contribution in [2.75, 3.05) is 0 Å². The molecule has 0 radical (unpaired) electrons. The lowest BCUT2D eigenvalue weighted by Crippen LogP contribution is -2.28. The highest BCUT2D eigenvalue weighted by Crippen LogP contribution is 2.35. The van der Waals surface area contributed by atoms with Crippen molar-refractivity contribution in [3.05, 3.63) is 85.8 Å². The number of aromatic nitrogens is 2. The normalized spacial score (nSPS) is 12.9. The van der Waals surface area contributed by atoms with Crippen LogP contribution in [-0.4, -0.2) is 14.8 Å². The Morgan fingerprint density at radius 3 is 2.39 bits per heavy atom. The fourth-order valence-electron chi connectivity index (χ4n) is 2.65. The van der Waals surface area contributed by atoms with Crippen molar-refractivity contribution in [3.63, 3.8) is 0 Å². The highest BCUT2D eigenvalue weighted by molar-refractivity contribution is 7.02. The van der Waals surface area contributed by atoms with Crippen LogP contribution in [-0.2, 0) is 18.6 Å². The number of benzene rings is 2. The number of hydrogen-bond acceptors (Lipinski definition) is 3. The van der Waals surface area contributed by atoms with Crippen LogP contribution in [0.3, 0.4) is 0 Å². The van der Waals surface area contributed by atoms with Crippen molar-refractivity contribution in [3.8, 4) is 0 Å². The molecule has 3 aromatic rings. The number of hydrogen-bond donors (Lipinski definition) is 1. The molecule has 1 amide bonds. The number of carbonyl (C=O) groups is 1. The minimum absolute atomic E-state index is 0.177. The van der Waals surface area contributed by atoms with Crippen LogP contribution < -0.4 is 10.5 Å². The molecule has 0 saturated carbocycles. The van der Waals surface area contributed by atoms with Gasteiger partial charge in [0.05, 0.1) is 12.1 Å². The number of nitrogens with zero attached hydrogens (tertiary/aromatic N) is 2. The first-order valence-corrected chi connectivity index (χ1v) is 9.38. The predicted molar refractivity (Wildman–Crippen MR) is 99.3 cm³/mol. The summed E-state index contributed by atoms with van der Waals surface area (Å²) in [6.45, 7) is 0.225. The Morgan fingerprint density at radius 2 is 1.77 bits per heavy atom. The van der Waals surface area contributed by atoms with Crippen LogP contribution in [0.5, 0.6) is 0 Å². The maximum absolute atomic E-state index is 13.6. The highest BCUT2D eigenvalue weighted by atomic mass is 32.1. The summed E-state index contributed by atoms with van der Waals surface area (Å²) in [4.78, 5) is 27.9. The summed E-state index contributed by atoms with van der Waals surface area (Å²) in [6, 6.07) is 6.55. The zero-order chi connectivity index (χ0) is 23.0. The van der Waals surface area contributed by atoms with Gasteiger partial charge in [0.1, 0.15) is 5.82 Å². The topological polar surface area (TPSA) is 67.2 Å². The third-order valence-electron chi connectivity index (χ3n) is 4.15. The molecule has 12 heteroatoms. The Balaban J connectivity index is 2.06. The van der Waals surface area contributed by atoms with Crippen LogP contribution in [0.4, 0.5) is 26.3 Å². The van der Waals surface area contributed by atoms with Gasteiger partial charge in [0.15, 0.2) is 0 Å². The Bertz CT molecular complexity index is 1220. The number of amides is 1. The molecular formula is C19H13F6N3O2S. The van der Waals surface area contributed by atoms with Crippen molar-refractivity contribution in [2.45, 2.75) is 25.6 Å². The molecule has 0 aliphatic rings. The van der Waals surface area contributed by atoms with E-state index < -0.39 is 46.2 Å². The number of aromatic amines is 1. The molecule has 31 heavy (non-hydrogen) atoms. The minimum Gasteiger partial charge on any atom is -0.267 e. The largest absolute Gasteiger partial charge is 0.416 e. The fourth-order valence-corrected chi connectivity index (χ4v) is 3.32. The smallest absolute Gasteiger partial charge is 0.267 e. The summed E-state index contributed by atoms with van der Waals surface area (Å²) in [5.41, 5.74) is -3.48. The quantitative estimate of drug-likeness (QED) is 0.589. The molecule has 2 aromatic carbocycles. The summed E-state index contributed by atoms with van der Waals surface area (Å²) < 4.78 is 83.3. The first-order chi connectivity index (χ1) is 14.3. The molecule has 1 heterocycles. The van der Waals surface area contributed by atoms with E-state index in [1.54, 1.807) is 0 Å². The van der Waals surface area contributed by atoms with Gasteiger partial charge in [0, 0.05) is 18.1 Å². The first kappa shape index (κ1) is 22.5. The second-order valence-electron chi connectivity index (χ2n) is 6.61. The summed E-state index contributed by atoms with van der Waals surface area (Å²) in [5.74, 6) is -5.44. The molecule has 0 atom stereocenters. The molecule has 0 aliphatic heterocycles. The number of H-pyrrole nitrogens is 1. The predicted octanol–water partition coefficient (Wildman–Crippen LogP) is 4.30. The van der Waals surface area contributed by atoms with E-state index in [0.29, 0.717) is 36.2 Å². The number of rotatable bonds is 4. The maximum atomic E-state index is 13.6. The number of carbonyl (C=O) groups excluding carboxylic acids is 1. The van der Waals surface area contributed by atoms with E-state index in [1.165, 1.54) is 18.2 Å². The average molecular weight is 461 g/mol. The number of nitrogens with one attached hydrogen (secondary N) is 1. The van der Waals surface area contributed by atoms with Crippen molar-refractivity contribution < 1.29 is 31.1 Å². The third-order valence-corrected chi connectivity index (χ3v) is 4.92. The number of halogens is 6. The van der Waals surface area contributed by atoms with Gasteiger partial charge in [-0.1, -0.05) is 12.1 Å². The van der Waals surface area contributed by atoms with E-state index >= 15 is 0 Å². The second kappa shape index (κ2) is 8.17. The molecule has 1 aromatic heterocycles. The molecule has 5 nitrogen and oxygen atoms in total. The minimum atomic E-state index is -4.97. The summed E-state index contributed by atoms with van der Waals surface area (Å²) >= 11 is 0.616. The molecule has 0 fully saturated rings. The molecule has 164 valence electrons. The van der Waals surface area contributed by atoms with Gasteiger partial charge in [-0.3, -0.25) is 13.7 Å². The van der Waals surface area contributed by atoms with Crippen LogP contribution >= 0.6 is 11.5 Å². The Morgan fingerprint density at radius 1 is 1.10 bits per heavy atom. The van der Waals surface area contributed by atoms with Crippen molar-refractivity contribution >= 4 is 17.4 Å². The molecule has 0 spiro atoms. The van der Waals surface area contributed by atoms with E-state index in [1.807, 2.05) is 0 Å². The van der Waals surface area contributed by atoms with Crippen molar-refractivity contribution in [2.24, 2.45) is 4.99 Å². The zero-order valence-corrected chi connectivity index (χ0v) is 16.5. The van der Waals surface area contributed by atoms with Crippen molar-refractivity contribution in [1.82, 2.24) is 8.94 Å². The third kappa shape index (κ3) is 5.32. The van der Waals surface area contributed by atoms with Gasteiger partial charge in [-0.25, -0.2) is 18.0 Å². The fraction of sp³-hybridized carbons (Fsp3) is 0.211. The zero-order valence-electron chi connectivity index (χ0n) is 15.6. The van der Waals surface area contributed by atoms with E-state index in [4.69, 9.17) is 0 Å². The van der Waals surface area contributed by atoms with Gasteiger partial charge in [-0.2, -0.15) is 18.2 Å². The van der Waals surface area contributed by atoms with Crippen LogP contribution in [0.2, 0.25) is 0 Å². The van der Waals surface area contributed by atoms with E-state index in [2.05, 4.69) is 9.37 Å². The average Bonchev–Trinajstić information content (AvgIpc) is 2.99. The molecule has 0 unspecified atom stereocenters. The van der Waals surface area contributed by atoms with Gasteiger partial charge in [-0.05, 0) is 47.4 Å². The van der Waals surface area contributed by atoms with Crippen LogP contribution in [0.25, 0.3) is 0 Å². The van der Waals surface area contributed by atoms with E-state index in [-0.39, 0.29) is 17.4 Å². The monoisotopic (exact) mass is 461 g/mol. The van der Waals surface area contributed by atoms with Crippen molar-refractivity contribution in [1.29, 1.82) is 0 Å². The van der Waals surface area contributed by atoms with Crippen LogP contribution in [0, 0.1) is 5.82 Å². The Labute approximate surface area is 174 Å². The summed E-state index contributed by atoms with van der Waals surface area (Å²) in [5, 5.41) is 0. The van der Waals surface area contributed by atoms with Gasteiger partial charge >= 0.3 is 11.9 Å². The summed E-state index contributed by atoms with van der Waals surface area (Å²) in [7, 11) is 0. The highest BCUT2D eigenvalue weighted by Gasteiger charge is 2.35. The lowest BCUT2D eigenvalue weighted by molar-refractivity contribution is -0.137. The Hall–Kier alpha value is -3.15. The molecule has 0 saturated heterocycles.